The van der Waals surface area contributed by atoms with Gasteiger partial charge in [0.25, 0.3) is 0 Å². The van der Waals surface area contributed by atoms with Crippen LogP contribution in [-0.4, -0.2) is 34.2 Å². The molecule has 0 spiro atoms. The van der Waals surface area contributed by atoms with Gasteiger partial charge in [0.05, 0.1) is 18.2 Å². The van der Waals surface area contributed by atoms with Crippen molar-refractivity contribution in [1.29, 1.82) is 0 Å². The number of hydrogen-bond donors (Lipinski definition) is 3. The Hall–Kier alpha value is -2.86. The molecular formula is C18H16O6. The van der Waals surface area contributed by atoms with Crippen LogP contribution in [0.4, 0.5) is 0 Å². The molecule has 3 N–H and O–H groups in total. The van der Waals surface area contributed by atoms with E-state index in [0.717, 1.165) is 0 Å². The molecule has 2 aromatic carbocycles. The first-order valence-electron chi connectivity index (χ1n) is 7.39. The Morgan fingerprint density at radius 2 is 1.54 bits per heavy atom. The molecule has 24 heavy (non-hydrogen) atoms. The van der Waals surface area contributed by atoms with E-state index in [1.807, 2.05) is 0 Å². The molecule has 0 aliphatic heterocycles. The normalized spacial score (nSPS) is 14.7. The third-order valence-corrected chi connectivity index (χ3v) is 4.35. The summed E-state index contributed by atoms with van der Waals surface area (Å²) in [4.78, 5) is 24.2. The van der Waals surface area contributed by atoms with E-state index in [-0.39, 0.29) is 46.6 Å². The van der Waals surface area contributed by atoms with Crippen LogP contribution in [-0.2, 0) is 15.1 Å². The Kier molecular flexibility index (Phi) is 3.77. The zero-order valence-corrected chi connectivity index (χ0v) is 12.9. The summed E-state index contributed by atoms with van der Waals surface area (Å²) in [6, 6.07) is 8.75. The molecule has 0 saturated heterocycles. The number of methoxy groups -OCH3 is 1. The summed E-state index contributed by atoms with van der Waals surface area (Å²) in [5, 5.41) is 31.5. The van der Waals surface area contributed by atoms with Crippen molar-refractivity contribution in [3.63, 3.8) is 0 Å². The van der Waals surface area contributed by atoms with Crippen molar-refractivity contribution in [3.8, 4) is 11.5 Å². The van der Waals surface area contributed by atoms with Gasteiger partial charge in [-0.3, -0.25) is 9.59 Å². The molecule has 3 rings (SSSR count). The monoisotopic (exact) mass is 328 g/mol. The molecule has 0 atom stereocenters. The Morgan fingerprint density at radius 1 is 1.04 bits per heavy atom. The van der Waals surface area contributed by atoms with Crippen molar-refractivity contribution in [2.24, 2.45) is 0 Å². The fourth-order valence-corrected chi connectivity index (χ4v) is 3.17. The van der Waals surface area contributed by atoms with Gasteiger partial charge in [0.2, 0.25) is 5.78 Å². The van der Waals surface area contributed by atoms with E-state index in [1.165, 1.54) is 43.5 Å². The highest BCUT2D eigenvalue weighted by molar-refractivity contribution is 6.16. The first-order chi connectivity index (χ1) is 11.4. The van der Waals surface area contributed by atoms with Crippen molar-refractivity contribution in [3.05, 3.63) is 58.7 Å². The number of fused-ring (bicyclic) bond motifs is 2. The molecule has 124 valence electrons. The number of aromatic hydroxyl groups is 2. The molecule has 0 amide bonds. The summed E-state index contributed by atoms with van der Waals surface area (Å²) in [6.07, 6.45) is -0.148. The van der Waals surface area contributed by atoms with Crippen molar-refractivity contribution in [2.45, 2.75) is 18.4 Å². The Labute approximate surface area is 137 Å². The van der Waals surface area contributed by atoms with E-state index in [2.05, 4.69) is 4.74 Å². The van der Waals surface area contributed by atoms with Crippen LogP contribution in [0.15, 0.2) is 36.4 Å². The highest BCUT2D eigenvalue weighted by Gasteiger charge is 2.44. The molecule has 6 nitrogen and oxygen atoms in total. The van der Waals surface area contributed by atoms with Crippen LogP contribution < -0.4 is 0 Å². The summed E-state index contributed by atoms with van der Waals surface area (Å²) in [5.41, 5.74) is -1.44. The molecule has 2 aromatic rings. The number of aliphatic hydroxyl groups is 1. The molecule has 0 saturated carbocycles. The quantitative estimate of drug-likeness (QED) is 0.743. The Balaban J connectivity index is 2.25. The number of rotatable bonds is 3. The summed E-state index contributed by atoms with van der Waals surface area (Å²) >= 11 is 0. The largest absolute Gasteiger partial charge is 0.507 e. The zero-order chi connectivity index (χ0) is 17.5. The number of benzene rings is 2. The lowest BCUT2D eigenvalue weighted by molar-refractivity contribution is -0.141. The molecule has 0 bridgehead atoms. The minimum atomic E-state index is -1.70. The van der Waals surface area contributed by atoms with Crippen molar-refractivity contribution >= 4 is 11.8 Å². The molecule has 6 heteroatoms. The minimum Gasteiger partial charge on any atom is -0.507 e. The second-order valence-electron chi connectivity index (χ2n) is 5.66. The number of hydrogen-bond acceptors (Lipinski definition) is 6. The Bertz CT molecular complexity index is 784. The SMILES string of the molecule is COC(=O)CCC1(O)c2cccc(O)c2C(=O)c2c(O)cccc21. The van der Waals surface area contributed by atoms with Gasteiger partial charge in [0.1, 0.15) is 17.1 Å². The van der Waals surface area contributed by atoms with Crippen LogP contribution in [0, 0.1) is 0 Å². The summed E-state index contributed by atoms with van der Waals surface area (Å²) in [5.74, 6) is -1.66. The van der Waals surface area contributed by atoms with Crippen molar-refractivity contribution in [1.82, 2.24) is 0 Å². The average molecular weight is 328 g/mol. The van der Waals surface area contributed by atoms with E-state index in [4.69, 9.17) is 0 Å². The number of carbonyl (C=O) groups excluding carboxylic acids is 2. The standard InChI is InChI=1S/C18H16O6/c1-24-14(21)8-9-18(23)10-4-2-6-12(19)15(10)17(22)16-11(18)5-3-7-13(16)20/h2-7,19-20,23H,8-9H2,1H3. The summed E-state index contributed by atoms with van der Waals surface area (Å²) in [6.45, 7) is 0. The maximum Gasteiger partial charge on any atom is 0.305 e. The topological polar surface area (TPSA) is 104 Å². The van der Waals surface area contributed by atoms with E-state index in [0.29, 0.717) is 0 Å². The number of carbonyl (C=O) groups is 2. The van der Waals surface area contributed by atoms with Crippen molar-refractivity contribution in [2.75, 3.05) is 7.11 Å². The van der Waals surface area contributed by atoms with E-state index in [9.17, 15) is 24.9 Å². The molecule has 1 aliphatic rings. The maximum atomic E-state index is 12.7. The van der Waals surface area contributed by atoms with E-state index < -0.39 is 17.4 Å². The van der Waals surface area contributed by atoms with Gasteiger partial charge in [0.15, 0.2) is 0 Å². The van der Waals surface area contributed by atoms with Crippen LogP contribution in [0.5, 0.6) is 11.5 Å². The number of ether oxygens (including phenoxy) is 1. The summed E-state index contributed by atoms with van der Waals surface area (Å²) in [7, 11) is 1.25. The van der Waals surface area contributed by atoms with Gasteiger partial charge < -0.3 is 20.1 Å². The van der Waals surface area contributed by atoms with Crippen LogP contribution >= 0.6 is 0 Å². The number of phenolic OH excluding ortho intramolecular Hbond substituents is 2. The van der Waals surface area contributed by atoms with Gasteiger partial charge >= 0.3 is 5.97 Å². The molecule has 0 radical (unpaired) electrons. The van der Waals surface area contributed by atoms with Gasteiger partial charge in [-0.1, -0.05) is 24.3 Å². The predicted molar refractivity (Wildman–Crippen MR) is 83.9 cm³/mol. The molecule has 0 fully saturated rings. The smallest absolute Gasteiger partial charge is 0.305 e. The third-order valence-electron chi connectivity index (χ3n) is 4.35. The van der Waals surface area contributed by atoms with Gasteiger partial charge in [-0.2, -0.15) is 0 Å². The average Bonchev–Trinajstić information content (AvgIpc) is 2.57. The Morgan fingerprint density at radius 3 is 2.00 bits per heavy atom. The second kappa shape index (κ2) is 5.65. The van der Waals surface area contributed by atoms with Gasteiger partial charge in [-0.25, -0.2) is 0 Å². The lowest BCUT2D eigenvalue weighted by Gasteiger charge is -2.36. The number of phenols is 2. The molecule has 0 heterocycles. The highest BCUT2D eigenvalue weighted by atomic mass is 16.5. The second-order valence-corrected chi connectivity index (χ2v) is 5.66. The zero-order valence-electron chi connectivity index (χ0n) is 12.9. The van der Waals surface area contributed by atoms with Crippen LogP contribution in [0.25, 0.3) is 0 Å². The van der Waals surface area contributed by atoms with Crippen LogP contribution in [0.2, 0.25) is 0 Å². The van der Waals surface area contributed by atoms with Crippen LogP contribution in [0.1, 0.15) is 39.9 Å². The first kappa shape index (κ1) is 16.0. The fraction of sp³-hybridized carbons (Fsp3) is 0.222. The lowest BCUT2D eigenvalue weighted by Crippen LogP contribution is -2.36. The minimum absolute atomic E-state index is 0.0557. The molecule has 1 aliphatic carbocycles. The summed E-state index contributed by atoms with van der Waals surface area (Å²) < 4.78 is 4.62. The number of ketones is 1. The van der Waals surface area contributed by atoms with Gasteiger partial charge in [-0.05, 0) is 18.6 Å². The first-order valence-corrected chi connectivity index (χ1v) is 7.39. The molecule has 0 aromatic heterocycles. The third kappa shape index (κ3) is 2.23. The molecular weight excluding hydrogens is 312 g/mol. The number of esters is 1. The van der Waals surface area contributed by atoms with Crippen molar-refractivity contribution < 1.29 is 29.6 Å². The van der Waals surface area contributed by atoms with E-state index in [1.54, 1.807) is 0 Å². The van der Waals surface area contributed by atoms with Gasteiger partial charge in [0, 0.05) is 17.5 Å². The molecule has 0 unspecified atom stereocenters. The van der Waals surface area contributed by atoms with Gasteiger partial charge in [-0.15, -0.1) is 0 Å². The van der Waals surface area contributed by atoms with E-state index >= 15 is 0 Å². The predicted octanol–water partition coefficient (Wildman–Crippen LogP) is 1.83. The highest BCUT2D eigenvalue weighted by Crippen LogP contribution is 2.47. The lowest BCUT2D eigenvalue weighted by atomic mass is 9.71. The van der Waals surface area contributed by atoms with Crippen LogP contribution in [0.3, 0.4) is 0 Å². The maximum absolute atomic E-state index is 12.7. The fourth-order valence-electron chi connectivity index (χ4n) is 3.17.